The number of fused-ring (bicyclic) bond motifs is 1. The Labute approximate surface area is 97.0 Å². The SMILES string of the molecule is CC(C=O)(C=O)N1C(=O)c2ccccc2C1=O. The average Bonchev–Trinajstić information content (AvgIpc) is 2.62. The zero-order valence-electron chi connectivity index (χ0n) is 9.04. The summed E-state index contributed by atoms with van der Waals surface area (Å²) in [4.78, 5) is 46.4. The van der Waals surface area contributed by atoms with Crippen LogP contribution >= 0.6 is 0 Å². The van der Waals surface area contributed by atoms with Gasteiger partial charge in [0, 0.05) is 0 Å². The lowest BCUT2D eigenvalue weighted by Gasteiger charge is -2.26. The highest BCUT2D eigenvalue weighted by molar-refractivity contribution is 6.24. The molecule has 1 aromatic rings. The number of carbonyl (C=O) groups excluding carboxylic acids is 4. The van der Waals surface area contributed by atoms with Gasteiger partial charge in [0.1, 0.15) is 0 Å². The van der Waals surface area contributed by atoms with E-state index in [1.165, 1.54) is 19.1 Å². The summed E-state index contributed by atoms with van der Waals surface area (Å²) in [5.41, 5.74) is -1.31. The molecule has 0 aromatic heterocycles. The molecule has 0 aliphatic carbocycles. The fourth-order valence-corrected chi connectivity index (χ4v) is 1.76. The van der Waals surface area contributed by atoms with E-state index in [4.69, 9.17) is 0 Å². The zero-order chi connectivity index (χ0) is 12.6. The highest BCUT2D eigenvalue weighted by Crippen LogP contribution is 2.27. The summed E-state index contributed by atoms with van der Waals surface area (Å²) in [6, 6.07) is 6.22. The Balaban J connectivity index is 2.57. The minimum Gasteiger partial charge on any atom is -0.300 e. The Hall–Kier alpha value is -2.30. The summed E-state index contributed by atoms with van der Waals surface area (Å²) in [6.07, 6.45) is 0.587. The van der Waals surface area contributed by atoms with E-state index in [1.54, 1.807) is 12.1 Å². The highest BCUT2D eigenvalue weighted by atomic mass is 16.2. The molecule has 2 rings (SSSR count). The normalized spacial score (nSPS) is 14.8. The van der Waals surface area contributed by atoms with Crippen LogP contribution in [0.15, 0.2) is 24.3 Å². The number of hydrogen-bond acceptors (Lipinski definition) is 4. The van der Waals surface area contributed by atoms with E-state index in [1.807, 2.05) is 0 Å². The minimum atomic E-state index is -1.74. The van der Waals surface area contributed by atoms with Crippen LogP contribution < -0.4 is 0 Å². The van der Waals surface area contributed by atoms with Crippen LogP contribution in [0.25, 0.3) is 0 Å². The number of amides is 2. The largest absolute Gasteiger partial charge is 0.300 e. The zero-order valence-corrected chi connectivity index (χ0v) is 9.04. The fraction of sp³-hybridized carbons (Fsp3) is 0.167. The first-order valence-corrected chi connectivity index (χ1v) is 4.96. The van der Waals surface area contributed by atoms with Gasteiger partial charge in [-0.1, -0.05) is 12.1 Å². The molecular formula is C12H9NO4. The standard InChI is InChI=1S/C12H9NO4/c1-12(6-14,7-15)13-10(16)8-4-2-3-5-9(8)11(13)17/h2-7H,1H3. The number of imide groups is 1. The van der Waals surface area contributed by atoms with E-state index in [0.717, 1.165) is 0 Å². The lowest BCUT2D eigenvalue weighted by atomic mass is 10.1. The second-order valence-electron chi connectivity index (χ2n) is 3.95. The molecule has 0 fully saturated rings. The van der Waals surface area contributed by atoms with Gasteiger partial charge in [0.15, 0.2) is 18.1 Å². The number of nitrogens with zero attached hydrogens (tertiary/aromatic N) is 1. The van der Waals surface area contributed by atoms with Gasteiger partial charge in [-0.05, 0) is 19.1 Å². The van der Waals surface area contributed by atoms with Crippen LogP contribution in [-0.4, -0.2) is 34.8 Å². The molecule has 0 unspecified atom stereocenters. The summed E-state index contributed by atoms with van der Waals surface area (Å²) in [5.74, 6) is -1.24. The van der Waals surface area contributed by atoms with Crippen LogP contribution in [0, 0.1) is 0 Å². The van der Waals surface area contributed by atoms with E-state index in [-0.39, 0.29) is 11.1 Å². The minimum absolute atomic E-state index is 0.215. The van der Waals surface area contributed by atoms with Gasteiger partial charge in [-0.3, -0.25) is 14.5 Å². The van der Waals surface area contributed by atoms with Crippen molar-refractivity contribution in [3.05, 3.63) is 35.4 Å². The first-order chi connectivity index (χ1) is 8.05. The molecule has 0 bridgehead atoms. The molecule has 5 heteroatoms. The number of aldehydes is 2. The van der Waals surface area contributed by atoms with Gasteiger partial charge in [0.05, 0.1) is 11.1 Å². The lowest BCUT2D eigenvalue weighted by molar-refractivity contribution is -0.125. The number of hydrogen-bond donors (Lipinski definition) is 0. The Morgan fingerprint density at radius 1 is 1.00 bits per heavy atom. The van der Waals surface area contributed by atoms with E-state index >= 15 is 0 Å². The second-order valence-corrected chi connectivity index (χ2v) is 3.95. The van der Waals surface area contributed by atoms with E-state index in [0.29, 0.717) is 17.5 Å². The molecule has 1 aromatic carbocycles. The Morgan fingerprint density at radius 2 is 1.41 bits per heavy atom. The maximum atomic E-state index is 12.0. The smallest absolute Gasteiger partial charge is 0.262 e. The number of rotatable bonds is 3. The first kappa shape index (κ1) is 11.2. The summed E-state index contributed by atoms with van der Waals surface area (Å²) >= 11 is 0. The first-order valence-electron chi connectivity index (χ1n) is 4.96. The maximum absolute atomic E-state index is 12.0. The van der Waals surface area contributed by atoms with Gasteiger partial charge in [0.2, 0.25) is 0 Å². The van der Waals surface area contributed by atoms with Gasteiger partial charge >= 0.3 is 0 Å². The van der Waals surface area contributed by atoms with Crippen LogP contribution in [0.5, 0.6) is 0 Å². The molecule has 2 amide bonds. The summed E-state index contributed by atoms with van der Waals surface area (Å²) in [5, 5.41) is 0. The molecule has 1 aliphatic rings. The van der Waals surface area contributed by atoms with Crippen molar-refractivity contribution in [3.63, 3.8) is 0 Å². The molecule has 86 valence electrons. The fourth-order valence-electron chi connectivity index (χ4n) is 1.76. The van der Waals surface area contributed by atoms with Crippen molar-refractivity contribution >= 4 is 24.4 Å². The predicted molar refractivity (Wildman–Crippen MR) is 57.5 cm³/mol. The number of benzene rings is 1. The van der Waals surface area contributed by atoms with Crippen LogP contribution in [0.1, 0.15) is 27.6 Å². The van der Waals surface area contributed by atoms with Crippen molar-refractivity contribution < 1.29 is 19.2 Å². The average molecular weight is 231 g/mol. The van der Waals surface area contributed by atoms with Crippen molar-refractivity contribution in [2.24, 2.45) is 0 Å². The van der Waals surface area contributed by atoms with Crippen LogP contribution in [0.4, 0.5) is 0 Å². The Bertz CT molecular complexity index is 492. The van der Waals surface area contributed by atoms with E-state index in [9.17, 15) is 19.2 Å². The van der Waals surface area contributed by atoms with Crippen molar-refractivity contribution in [2.45, 2.75) is 12.5 Å². The van der Waals surface area contributed by atoms with E-state index < -0.39 is 17.4 Å². The van der Waals surface area contributed by atoms with Crippen molar-refractivity contribution in [1.29, 1.82) is 0 Å². The third kappa shape index (κ3) is 1.39. The molecular weight excluding hydrogens is 222 g/mol. The third-order valence-electron chi connectivity index (χ3n) is 2.75. The van der Waals surface area contributed by atoms with Gasteiger partial charge in [-0.2, -0.15) is 0 Å². The molecule has 0 radical (unpaired) electrons. The topological polar surface area (TPSA) is 71.5 Å². The lowest BCUT2D eigenvalue weighted by Crippen LogP contribution is -2.52. The van der Waals surface area contributed by atoms with Crippen LogP contribution in [0.3, 0.4) is 0 Å². The highest BCUT2D eigenvalue weighted by Gasteiger charge is 2.46. The number of carbonyl (C=O) groups is 4. The molecule has 0 saturated heterocycles. The molecule has 5 nitrogen and oxygen atoms in total. The predicted octanol–water partition coefficient (Wildman–Crippen LogP) is 0.439. The van der Waals surface area contributed by atoms with Crippen LogP contribution in [-0.2, 0) is 9.59 Å². The molecule has 1 heterocycles. The molecule has 0 spiro atoms. The Kier molecular flexibility index (Phi) is 2.38. The van der Waals surface area contributed by atoms with Gasteiger partial charge in [-0.15, -0.1) is 0 Å². The molecule has 0 atom stereocenters. The van der Waals surface area contributed by atoms with Gasteiger partial charge < -0.3 is 9.59 Å². The molecule has 0 N–H and O–H groups in total. The monoisotopic (exact) mass is 231 g/mol. The summed E-state index contributed by atoms with van der Waals surface area (Å²) < 4.78 is 0. The Morgan fingerprint density at radius 3 is 1.76 bits per heavy atom. The molecule has 0 saturated carbocycles. The van der Waals surface area contributed by atoms with Crippen molar-refractivity contribution in [1.82, 2.24) is 4.90 Å². The summed E-state index contributed by atoms with van der Waals surface area (Å²) in [6.45, 7) is 1.23. The van der Waals surface area contributed by atoms with E-state index in [2.05, 4.69) is 0 Å². The summed E-state index contributed by atoms with van der Waals surface area (Å²) in [7, 11) is 0. The molecule has 1 aliphatic heterocycles. The van der Waals surface area contributed by atoms with Gasteiger partial charge in [-0.25, -0.2) is 0 Å². The van der Waals surface area contributed by atoms with Crippen molar-refractivity contribution in [2.75, 3.05) is 0 Å². The molecule has 17 heavy (non-hydrogen) atoms. The maximum Gasteiger partial charge on any atom is 0.262 e. The van der Waals surface area contributed by atoms with Gasteiger partial charge in [0.25, 0.3) is 11.8 Å². The quantitative estimate of drug-likeness (QED) is 0.430. The van der Waals surface area contributed by atoms with Crippen molar-refractivity contribution in [3.8, 4) is 0 Å². The third-order valence-corrected chi connectivity index (χ3v) is 2.75. The van der Waals surface area contributed by atoms with Crippen LogP contribution in [0.2, 0.25) is 0 Å². The second kappa shape index (κ2) is 3.62.